The Morgan fingerprint density at radius 1 is 1.07 bits per heavy atom. The SMILES string of the molecule is C#Cc1ccc(OC2CC3CCC(C2)N3S(=O)(=O)c2ccc(C(C)(C)C)cc2)nc1. The smallest absolute Gasteiger partial charge is 0.243 e. The molecule has 1 aromatic heterocycles. The third-order valence-corrected chi connectivity index (χ3v) is 8.13. The number of pyridine rings is 1. The molecule has 3 heterocycles. The maximum Gasteiger partial charge on any atom is 0.243 e. The van der Waals surface area contributed by atoms with Gasteiger partial charge in [0.05, 0.1) is 4.90 Å². The highest BCUT2D eigenvalue weighted by Crippen LogP contribution is 2.41. The molecule has 2 saturated heterocycles. The minimum Gasteiger partial charge on any atom is -0.474 e. The summed E-state index contributed by atoms with van der Waals surface area (Å²) in [6, 6.07) is 10.8. The van der Waals surface area contributed by atoms with E-state index in [-0.39, 0.29) is 23.6 Å². The Morgan fingerprint density at radius 3 is 2.20 bits per heavy atom. The van der Waals surface area contributed by atoms with Gasteiger partial charge in [0, 0.05) is 42.8 Å². The van der Waals surface area contributed by atoms with Crippen LogP contribution in [-0.2, 0) is 15.4 Å². The largest absolute Gasteiger partial charge is 0.474 e. The van der Waals surface area contributed by atoms with E-state index in [4.69, 9.17) is 11.2 Å². The molecule has 0 radical (unpaired) electrons. The fourth-order valence-corrected chi connectivity index (χ4v) is 6.42. The third-order valence-electron chi connectivity index (χ3n) is 6.11. The summed E-state index contributed by atoms with van der Waals surface area (Å²) in [6.07, 6.45) is 10.0. The summed E-state index contributed by atoms with van der Waals surface area (Å²) in [5.74, 6) is 3.07. The average Bonchev–Trinajstić information content (AvgIpc) is 3.00. The van der Waals surface area contributed by atoms with E-state index in [1.54, 1.807) is 34.8 Å². The van der Waals surface area contributed by atoms with Crippen molar-refractivity contribution >= 4 is 10.0 Å². The molecule has 0 N–H and O–H groups in total. The first-order valence-electron chi connectivity index (χ1n) is 10.4. The number of piperidine rings is 1. The first-order valence-corrected chi connectivity index (χ1v) is 11.9. The molecule has 2 fully saturated rings. The molecule has 2 unspecified atom stereocenters. The zero-order valence-corrected chi connectivity index (χ0v) is 18.5. The molecular formula is C24H28N2O3S. The minimum absolute atomic E-state index is 0.0105. The van der Waals surface area contributed by atoms with Crippen molar-refractivity contribution in [1.82, 2.24) is 9.29 Å². The highest BCUT2D eigenvalue weighted by molar-refractivity contribution is 7.89. The average molecular weight is 425 g/mol. The summed E-state index contributed by atoms with van der Waals surface area (Å²) < 4.78 is 34.6. The van der Waals surface area contributed by atoms with Crippen LogP contribution in [0.2, 0.25) is 0 Å². The minimum atomic E-state index is -3.53. The van der Waals surface area contributed by atoms with Crippen LogP contribution < -0.4 is 4.74 Å². The maximum atomic E-state index is 13.4. The molecule has 2 aromatic rings. The molecule has 2 bridgehead atoms. The second kappa shape index (κ2) is 7.72. The Labute approximate surface area is 179 Å². The van der Waals surface area contributed by atoms with Crippen molar-refractivity contribution in [3.63, 3.8) is 0 Å². The van der Waals surface area contributed by atoms with Gasteiger partial charge in [-0.2, -0.15) is 4.31 Å². The van der Waals surface area contributed by atoms with Gasteiger partial charge in [-0.25, -0.2) is 13.4 Å². The van der Waals surface area contributed by atoms with Crippen LogP contribution in [-0.4, -0.2) is 35.9 Å². The lowest BCUT2D eigenvalue weighted by Crippen LogP contribution is -2.49. The van der Waals surface area contributed by atoms with Gasteiger partial charge in [0.2, 0.25) is 15.9 Å². The molecule has 0 spiro atoms. The van der Waals surface area contributed by atoms with E-state index in [0.717, 1.165) is 18.4 Å². The monoisotopic (exact) mass is 424 g/mol. The van der Waals surface area contributed by atoms with Crippen LogP contribution in [0.1, 0.15) is 57.6 Å². The first kappa shape index (κ1) is 20.9. The Bertz CT molecular complexity index is 1030. The number of terminal acetylenes is 1. The van der Waals surface area contributed by atoms with Gasteiger partial charge < -0.3 is 4.74 Å². The molecule has 158 valence electrons. The van der Waals surface area contributed by atoms with Crippen LogP contribution in [0.15, 0.2) is 47.5 Å². The van der Waals surface area contributed by atoms with E-state index in [9.17, 15) is 8.42 Å². The van der Waals surface area contributed by atoms with Gasteiger partial charge in [0.25, 0.3) is 0 Å². The Kier molecular flexibility index (Phi) is 5.37. The van der Waals surface area contributed by atoms with Gasteiger partial charge in [0.1, 0.15) is 6.10 Å². The van der Waals surface area contributed by atoms with Crippen molar-refractivity contribution in [1.29, 1.82) is 0 Å². The molecule has 0 amide bonds. The van der Waals surface area contributed by atoms with Crippen LogP contribution in [0.4, 0.5) is 0 Å². The number of benzene rings is 1. The van der Waals surface area contributed by atoms with E-state index < -0.39 is 10.0 Å². The van der Waals surface area contributed by atoms with Gasteiger partial charge >= 0.3 is 0 Å². The quantitative estimate of drug-likeness (QED) is 0.693. The van der Waals surface area contributed by atoms with Crippen molar-refractivity contribution in [2.24, 2.45) is 0 Å². The van der Waals surface area contributed by atoms with Gasteiger partial charge in [0.15, 0.2) is 0 Å². The standard InChI is InChI=1S/C24H28N2O3S/c1-5-17-6-13-23(25-16-17)29-21-14-19-9-10-20(15-21)26(19)30(27,28)22-11-7-18(8-12-22)24(2,3)4/h1,6-8,11-13,16,19-21H,9-10,14-15H2,2-4H3. The van der Waals surface area contributed by atoms with Crippen LogP contribution in [0.25, 0.3) is 0 Å². The van der Waals surface area contributed by atoms with Crippen LogP contribution in [0.3, 0.4) is 0 Å². The van der Waals surface area contributed by atoms with E-state index in [2.05, 4.69) is 31.7 Å². The number of aromatic nitrogens is 1. The molecule has 2 aliphatic heterocycles. The summed E-state index contributed by atoms with van der Waals surface area (Å²) in [5, 5.41) is 0. The lowest BCUT2D eigenvalue weighted by Gasteiger charge is -2.37. The number of hydrogen-bond donors (Lipinski definition) is 0. The van der Waals surface area contributed by atoms with Crippen molar-refractivity contribution in [3.05, 3.63) is 53.7 Å². The Morgan fingerprint density at radius 2 is 1.70 bits per heavy atom. The van der Waals surface area contributed by atoms with Crippen molar-refractivity contribution < 1.29 is 13.2 Å². The van der Waals surface area contributed by atoms with Crippen molar-refractivity contribution in [3.8, 4) is 18.2 Å². The topological polar surface area (TPSA) is 59.5 Å². The fourth-order valence-electron chi connectivity index (χ4n) is 4.53. The van der Waals surface area contributed by atoms with Crippen LogP contribution in [0, 0.1) is 12.3 Å². The van der Waals surface area contributed by atoms with E-state index in [1.165, 1.54) is 0 Å². The van der Waals surface area contributed by atoms with E-state index in [0.29, 0.717) is 29.2 Å². The molecule has 4 rings (SSSR count). The summed E-state index contributed by atoms with van der Waals surface area (Å²) in [7, 11) is -3.53. The van der Waals surface area contributed by atoms with Crippen LogP contribution >= 0.6 is 0 Å². The third kappa shape index (κ3) is 3.97. The van der Waals surface area contributed by atoms with Gasteiger partial charge in [-0.05, 0) is 42.0 Å². The Hall–Kier alpha value is -2.36. The van der Waals surface area contributed by atoms with E-state index in [1.807, 2.05) is 12.1 Å². The highest BCUT2D eigenvalue weighted by atomic mass is 32.2. The first-order chi connectivity index (χ1) is 14.2. The highest BCUT2D eigenvalue weighted by Gasteiger charge is 2.48. The van der Waals surface area contributed by atoms with Crippen LogP contribution in [0.5, 0.6) is 5.88 Å². The second-order valence-corrected chi connectivity index (χ2v) is 11.1. The Balaban J connectivity index is 1.49. The number of nitrogens with zero attached hydrogens (tertiary/aromatic N) is 2. The second-order valence-electron chi connectivity index (χ2n) is 9.24. The van der Waals surface area contributed by atoms with Gasteiger partial charge in [-0.3, -0.25) is 0 Å². The molecule has 0 aliphatic carbocycles. The summed E-state index contributed by atoms with van der Waals surface area (Å²) in [4.78, 5) is 4.63. The molecule has 5 nitrogen and oxygen atoms in total. The lowest BCUT2D eigenvalue weighted by molar-refractivity contribution is 0.0918. The predicted octanol–water partition coefficient (Wildman–Crippen LogP) is 4.12. The summed E-state index contributed by atoms with van der Waals surface area (Å²) in [5.41, 5.74) is 1.82. The normalized spacial score (nSPS) is 24.4. The fraction of sp³-hybridized carbons (Fsp3) is 0.458. The van der Waals surface area contributed by atoms with Gasteiger partial charge in [-0.15, -0.1) is 6.42 Å². The summed E-state index contributed by atoms with van der Waals surface area (Å²) in [6.45, 7) is 6.36. The maximum absolute atomic E-state index is 13.4. The molecule has 30 heavy (non-hydrogen) atoms. The predicted molar refractivity (Wildman–Crippen MR) is 117 cm³/mol. The zero-order valence-electron chi connectivity index (χ0n) is 17.7. The molecule has 1 aromatic carbocycles. The lowest BCUT2D eigenvalue weighted by atomic mass is 9.87. The number of rotatable bonds is 4. The van der Waals surface area contributed by atoms with Gasteiger partial charge in [-0.1, -0.05) is 38.8 Å². The number of sulfonamides is 1. The molecule has 6 heteroatoms. The van der Waals surface area contributed by atoms with Crippen molar-refractivity contribution in [2.45, 2.75) is 75.0 Å². The molecule has 0 saturated carbocycles. The molecular weight excluding hydrogens is 396 g/mol. The molecule has 2 aliphatic rings. The number of hydrogen-bond acceptors (Lipinski definition) is 4. The molecule has 2 atom stereocenters. The summed E-state index contributed by atoms with van der Waals surface area (Å²) >= 11 is 0. The number of fused-ring (bicyclic) bond motifs is 2. The zero-order chi connectivity index (χ0) is 21.5. The van der Waals surface area contributed by atoms with E-state index >= 15 is 0 Å². The van der Waals surface area contributed by atoms with Crippen molar-refractivity contribution in [2.75, 3.05) is 0 Å². The number of ether oxygens (including phenoxy) is 1.